The van der Waals surface area contributed by atoms with Crippen LogP contribution in [0.15, 0.2) is 79.0 Å². The third-order valence-corrected chi connectivity index (χ3v) is 8.46. The smallest absolute Gasteiger partial charge is 0.338 e. The molecule has 0 aliphatic rings. The van der Waals surface area contributed by atoms with Crippen LogP contribution in [0.25, 0.3) is 21.9 Å². The maximum atomic E-state index is 14.1. The van der Waals surface area contributed by atoms with Crippen LogP contribution in [0.5, 0.6) is 17.4 Å². The summed E-state index contributed by atoms with van der Waals surface area (Å²) in [7, 11) is 3.22. The molecular formula is C43H49N5O7. The van der Waals surface area contributed by atoms with Crippen molar-refractivity contribution in [2.24, 2.45) is 11.3 Å². The van der Waals surface area contributed by atoms with Gasteiger partial charge in [-0.2, -0.15) is 0 Å². The molecule has 2 heterocycles. The lowest BCUT2D eigenvalue weighted by Gasteiger charge is -2.19. The minimum Gasteiger partial charge on any atom is -0.497 e. The SMILES string of the molecule is CCOc1ccc(-c2ccc(C(=O)NCC(C)(C)C)cc2C(=O)OCC(C)C)c(C(=O)Nc2ccc3c(NCc4ccc(OC)cc4OC)nccc3c2)n1. The van der Waals surface area contributed by atoms with Gasteiger partial charge in [0.05, 0.1) is 33.0 Å². The Bertz CT molecular complexity index is 2180. The number of pyridine rings is 2. The zero-order valence-corrected chi connectivity index (χ0v) is 32.7. The van der Waals surface area contributed by atoms with E-state index < -0.39 is 11.9 Å². The number of amides is 2. The summed E-state index contributed by atoms with van der Waals surface area (Å²) in [6.45, 7) is 13.1. The maximum absolute atomic E-state index is 14.1. The van der Waals surface area contributed by atoms with E-state index in [4.69, 9.17) is 18.9 Å². The molecule has 0 atom stereocenters. The van der Waals surface area contributed by atoms with Gasteiger partial charge in [-0.25, -0.2) is 14.8 Å². The molecule has 0 radical (unpaired) electrons. The molecule has 3 N–H and O–H groups in total. The highest BCUT2D eigenvalue weighted by Crippen LogP contribution is 2.32. The van der Waals surface area contributed by atoms with E-state index in [2.05, 4.69) is 25.9 Å². The standard InChI is InChI=1S/C43H49N5O7/c1-9-54-37-17-16-34(33-14-11-28(40(49)46-25-43(4,5)6)21-35(33)42(51)55-24-26(2)3)38(48-37)41(50)47-30-12-15-32-27(20-30)18-19-44-39(32)45-23-29-10-13-31(52-7)22-36(29)53-8/h10-22,26H,9,23-25H2,1-8H3,(H,44,45)(H,46,49)(H,47,50). The van der Waals surface area contributed by atoms with Gasteiger partial charge in [0.1, 0.15) is 23.0 Å². The lowest BCUT2D eigenvalue weighted by Crippen LogP contribution is -2.32. The Balaban J connectivity index is 1.46. The van der Waals surface area contributed by atoms with Crippen LogP contribution in [0.1, 0.15) is 78.3 Å². The molecule has 12 heteroatoms. The van der Waals surface area contributed by atoms with Gasteiger partial charge in [0.15, 0.2) is 0 Å². The number of anilines is 2. The molecule has 0 fully saturated rings. The van der Waals surface area contributed by atoms with Crippen LogP contribution in [0.3, 0.4) is 0 Å². The number of rotatable bonds is 15. The fraction of sp³-hybridized carbons (Fsp3) is 0.326. The van der Waals surface area contributed by atoms with Gasteiger partial charge in [-0.1, -0.05) is 40.7 Å². The number of carbonyl (C=O) groups excluding carboxylic acids is 3. The van der Waals surface area contributed by atoms with E-state index in [0.717, 1.165) is 16.3 Å². The summed E-state index contributed by atoms with van der Waals surface area (Å²) in [5, 5.41) is 11.0. The van der Waals surface area contributed by atoms with Crippen LogP contribution in [0.4, 0.5) is 11.5 Å². The number of benzene rings is 3. The van der Waals surface area contributed by atoms with E-state index in [9.17, 15) is 14.4 Å². The molecule has 0 unspecified atom stereocenters. The number of hydrogen-bond donors (Lipinski definition) is 3. The van der Waals surface area contributed by atoms with Gasteiger partial charge in [-0.15, -0.1) is 0 Å². The highest BCUT2D eigenvalue weighted by atomic mass is 16.5. The van der Waals surface area contributed by atoms with Gasteiger partial charge in [-0.3, -0.25) is 9.59 Å². The van der Waals surface area contributed by atoms with Crippen LogP contribution in [0.2, 0.25) is 0 Å². The molecule has 288 valence electrons. The van der Waals surface area contributed by atoms with E-state index >= 15 is 0 Å². The Morgan fingerprint density at radius 2 is 1.64 bits per heavy atom. The minimum atomic E-state index is -0.618. The topological polar surface area (TPSA) is 150 Å². The average Bonchev–Trinajstić information content (AvgIpc) is 3.17. The van der Waals surface area contributed by atoms with E-state index in [0.29, 0.717) is 53.8 Å². The van der Waals surface area contributed by atoms with E-state index in [1.165, 1.54) is 6.07 Å². The van der Waals surface area contributed by atoms with Crippen molar-refractivity contribution in [3.8, 4) is 28.5 Å². The molecule has 2 aromatic heterocycles. The van der Waals surface area contributed by atoms with Gasteiger partial charge < -0.3 is 34.9 Å². The molecule has 0 bridgehead atoms. The Labute approximate surface area is 322 Å². The van der Waals surface area contributed by atoms with Gasteiger partial charge in [0, 0.05) is 59.2 Å². The van der Waals surface area contributed by atoms with Crippen molar-refractivity contribution >= 4 is 40.1 Å². The molecule has 5 rings (SSSR count). The monoisotopic (exact) mass is 747 g/mol. The van der Waals surface area contributed by atoms with Crippen LogP contribution in [-0.2, 0) is 11.3 Å². The number of hydrogen-bond acceptors (Lipinski definition) is 10. The second-order valence-electron chi connectivity index (χ2n) is 14.6. The first-order valence-electron chi connectivity index (χ1n) is 18.2. The van der Waals surface area contributed by atoms with E-state index in [1.54, 1.807) is 50.7 Å². The van der Waals surface area contributed by atoms with Crippen molar-refractivity contribution in [2.45, 2.75) is 48.1 Å². The summed E-state index contributed by atoms with van der Waals surface area (Å²) >= 11 is 0. The number of fused-ring (bicyclic) bond motifs is 1. The third-order valence-electron chi connectivity index (χ3n) is 8.46. The van der Waals surface area contributed by atoms with Crippen LogP contribution in [-0.4, -0.2) is 61.7 Å². The minimum absolute atomic E-state index is 0.0272. The van der Waals surface area contributed by atoms with Crippen LogP contribution < -0.4 is 30.2 Å². The number of nitrogens with zero attached hydrogens (tertiary/aromatic N) is 2. The van der Waals surface area contributed by atoms with Crippen molar-refractivity contribution < 1.29 is 33.3 Å². The lowest BCUT2D eigenvalue weighted by molar-refractivity contribution is 0.0459. The first-order chi connectivity index (χ1) is 26.3. The fourth-order valence-corrected chi connectivity index (χ4v) is 5.68. The number of aromatic nitrogens is 2. The Morgan fingerprint density at radius 1 is 0.855 bits per heavy atom. The first-order valence-corrected chi connectivity index (χ1v) is 18.2. The number of methoxy groups -OCH3 is 2. The Kier molecular flexibility index (Phi) is 12.9. The summed E-state index contributed by atoms with van der Waals surface area (Å²) in [5.74, 6) is 0.907. The Morgan fingerprint density at radius 3 is 2.35 bits per heavy atom. The maximum Gasteiger partial charge on any atom is 0.338 e. The van der Waals surface area contributed by atoms with Gasteiger partial charge in [-0.05, 0) is 83.8 Å². The molecule has 55 heavy (non-hydrogen) atoms. The number of carbonyl (C=O) groups is 3. The summed E-state index contributed by atoms with van der Waals surface area (Å²) in [5.41, 5.74) is 2.51. The average molecular weight is 748 g/mol. The van der Waals surface area contributed by atoms with Gasteiger partial charge in [0.2, 0.25) is 5.88 Å². The molecule has 0 aliphatic carbocycles. The first kappa shape index (κ1) is 40.0. The number of ether oxygens (including phenoxy) is 4. The number of esters is 1. The molecule has 0 saturated heterocycles. The summed E-state index contributed by atoms with van der Waals surface area (Å²) < 4.78 is 22.2. The lowest BCUT2D eigenvalue weighted by atomic mass is 9.94. The Hall–Kier alpha value is -6.17. The molecule has 2 amide bonds. The quantitative estimate of drug-likeness (QED) is 0.0896. The van der Waals surface area contributed by atoms with Crippen molar-refractivity contribution in [3.63, 3.8) is 0 Å². The van der Waals surface area contributed by atoms with Crippen molar-refractivity contribution in [1.82, 2.24) is 15.3 Å². The highest BCUT2D eigenvalue weighted by Gasteiger charge is 2.24. The normalized spacial score (nSPS) is 11.2. The molecule has 12 nitrogen and oxygen atoms in total. The second-order valence-corrected chi connectivity index (χ2v) is 14.6. The summed E-state index contributed by atoms with van der Waals surface area (Å²) in [4.78, 5) is 50.0. The van der Waals surface area contributed by atoms with Gasteiger partial charge >= 0.3 is 5.97 Å². The van der Waals surface area contributed by atoms with Gasteiger partial charge in [0.25, 0.3) is 11.8 Å². The second kappa shape index (κ2) is 17.8. The van der Waals surface area contributed by atoms with E-state index in [-0.39, 0.29) is 46.5 Å². The molecule has 5 aromatic rings. The van der Waals surface area contributed by atoms with Crippen molar-refractivity contribution in [1.29, 1.82) is 0 Å². The molecular weight excluding hydrogens is 699 g/mol. The van der Waals surface area contributed by atoms with Crippen molar-refractivity contribution in [2.75, 3.05) is 44.6 Å². The largest absolute Gasteiger partial charge is 0.497 e. The van der Waals surface area contributed by atoms with E-state index in [1.807, 2.05) is 77.9 Å². The predicted octanol–water partition coefficient (Wildman–Crippen LogP) is 8.17. The zero-order valence-electron chi connectivity index (χ0n) is 32.7. The molecule has 0 aliphatic heterocycles. The molecule has 3 aromatic carbocycles. The highest BCUT2D eigenvalue weighted by molar-refractivity contribution is 6.10. The fourth-order valence-electron chi connectivity index (χ4n) is 5.68. The zero-order chi connectivity index (χ0) is 39.7. The van der Waals surface area contributed by atoms with Crippen LogP contribution in [0, 0.1) is 11.3 Å². The molecule has 0 saturated carbocycles. The third kappa shape index (κ3) is 10.3. The molecule has 0 spiro atoms. The predicted molar refractivity (Wildman–Crippen MR) is 214 cm³/mol. The number of nitrogens with one attached hydrogen (secondary N) is 3. The van der Waals surface area contributed by atoms with Crippen LogP contribution >= 0.6 is 0 Å². The summed E-state index contributed by atoms with van der Waals surface area (Å²) in [6, 6.07) is 21.1. The summed E-state index contributed by atoms with van der Waals surface area (Å²) in [6.07, 6.45) is 1.69. The van der Waals surface area contributed by atoms with Crippen molar-refractivity contribution in [3.05, 3.63) is 101 Å².